The molecule has 0 saturated heterocycles. The third-order valence-electron chi connectivity index (χ3n) is 4.80. The van der Waals surface area contributed by atoms with E-state index < -0.39 is 0 Å². The summed E-state index contributed by atoms with van der Waals surface area (Å²) in [6.07, 6.45) is 1.68. The van der Waals surface area contributed by atoms with Gasteiger partial charge in [-0.2, -0.15) is 0 Å². The van der Waals surface area contributed by atoms with Gasteiger partial charge in [-0.3, -0.25) is 4.79 Å². The summed E-state index contributed by atoms with van der Waals surface area (Å²) in [5.74, 6) is 0.422. The van der Waals surface area contributed by atoms with Crippen molar-refractivity contribution < 1.29 is 9.90 Å². The lowest BCUT2D eigenvalue weighted by atomic mass is 9.84. The molecule has 0 aliphatic rings. The molecule has 1 N–H and O–H groups in total. The highest BCUT2D eigenvalue weighted by molar-refractivity contribution is 5.78. The zero-order valence-electron chi connectivity index (χ0n) is 18.7. The number of fused-ring (bicyclic) bond motifs is 1. The zero-order chi connectivity index (χ0) is 21.8. The highest BCUT2D eigenvalue weighted by atomic mass is 16.3. The number of ketones is 1. The number of hydrogen-bond acceptors (Lipinski definition) is 4. The van der Waals surface area contributed by atoms with E-state index in [1.807, 2.05) is 58.0 Å². The molecule has 0 atom stereocenters. The van der Waals surface area contributed by atoms with Crippen LogP contribution < -0.4 is 0 Å². The topological polar surface area (TPSA) is 68.0 Å². The van der Waals surface area contributed by atoms with Crippen LogP contribution in [0.3, 0.4) is 0 Å². The van der Waals surface area contributed by atoms with Crippen molar-refractivity contribution in [3.63, 3.8) is 0 Å². The maximum absolute atomic E-state index is 11.8. The van der Waals surface area contributed by atoms with Crippen LogP contribution in [-0.2, 0) is 16.6 Å². The number of nitrogens with zero attached hydrogens (tertiary/aromatic N) is 3. The van der Waals surface area contributed by atoms with Crippen molar-refractivity contribution in [1.29, 1.82) is 0 Å². The molecule has 3 aromatic rings. The quantitative estimate of drug-likeness (QED) is 0.604. The normalized spacial score (nSPS) is 11.3. The van der Waals surface area contributed by atoms with Gasteiger partial charge >= 0.3 is 0 Å². The fraction of sp³-hybridized carbons (Fsp3) is 0.458. The second-order valence-corrected chi connectivity index (χ2v) is 8.13. The predicted octanol–water partition coefficient (Wildman–Crippen LogP) is 5.67. The summed E-state index contributed by atoms with van der Waals surface area (Å²) in [4.78, 5) is 13.3. The molecule has 0 radical (unpaired) electrons. The van der Waals surface area contributed by atoms with Gasteiger partial charge in [-0.05, 0) is 48.1 Å². The van der Waals surface area contributed by atoms with E-state index >= 15 is 0 Å². The Bertz CT molecular complexity index is 997. The van der Waals surface area contributed by atoms with Crippen molar-refractivity contribution in [2.24, 2.45) is 0 Å². The van der Waals surface area contributed by atoms with Gasteiger partial charge in [-0.1, -0.05) is 53.7 Å². The fourth-order valence-electron chi connectivity index (χ4n) is 3.14. The summed E-state index contributed by atoms with van der Waals surface area (Å²) >= 11 is 0. The summed E-state index contributed by atoms with van der Waals surface area (Å²) in [5, 5.41) is 20.0. The van der Waals surface area contributed by atoms with Gasteiger partial charge in [0, 0.05) is 18.4 Å². The molecular formula is C24H33N3O2. The number of carbonyl (C=O) groups is 1. The third-order valence-corrected chi connectivity index (χ3v) is 4.80. The summed E-state index contributed by atoms with van der Waals surface area (Å²) in [6.45, 7) is 14.1. The van der Waals surface area contributed by atoms with Gasteiger partial charge < -0.3 is 5.11 Å². The lowest BCUT2D eigenvalue weighted by molar-refractivity contribution is -0.118. The number of Topliss-reactive ketones (excluding diaryl/α,β-unsaturated/α-hetero) is 1. The van der Waals surface area contributed by atoms with Gasteiger partial charge in [0.2, 0.25) is 0 Å². The molecule has 0 saturated carbocycles. The van der Waals surface area contributed by atoms with Crippen LogP contribution >= 0.6 is 0 Å². The lowest BCUT2D eigenvalue weighted by Gasteiger charge is -2.23. The van der Waals surface area contributed by atoms with E-state index in [2.05, 4.69) is 31.0 Å². The second kappa shape index (κ2) is 9.21. The second-order valence-electron chi connectivity index (χ2n) is 8.13. The highest BCUT2D eigenvalue weighted by Crippen LogP contribution is 2.36. The van der Waals surface area contributed by atoms with Gasteiger partial charge in [0.25, 0.3) is 0 Å². The van der Waals surface area contributed by atoms with Gasteiger partial charge in [-0.25, -0.2) is 0 Å². The van der Waals surface area contributed by atoms with Crippen molar-refractivity contribution in [3.05, 3.63) is 47.0 Å². The number of rotatable bonds is 5. The van der Waals surface area contributed by atoms with E-state index in [0.29, 0.717) is 24.9 Å². The lowest BCUT2D eigenvalue weighted by Crippen LogP contribution is -2.14. The number of aryl methyl sites for hydroxylation is 2. The highest BCUT2D eigenvalue weighted by Gasteiger charge is 2.23. The molecule has 0 aliphatic heterocycles. The Labute approximate surface area is 173 Å². The number of aromatic nitrogens is 3. The third kappa shape index (κ3) is 5.22. The van der Waals surface area contributed by atoms with Crippen molar-refractivity contribution in [2.75, 3.05) is 0 Å². The minimum atomic E-state index is -0.243. The van der Waals surface area contributed by atoms with Crippen molar-refractivity contribution in [3.8, 4) is 11.4 Å². The number of aromatic hydroxyl groups is 1. The first-order valence-electron chi connectivity index (χ1n) is 10.4. The molecule has 5 heteroatoms. The Morgan fingerprint density at radius 3 is 2.34 bits per heavy atom. The molecule has 1 heterocycles. The van der Waals surface area contributed by atoms with Crippen molar-refractivity contribution in [2.45, 2.75) is 73.1 Å². The Hall–Kier alpha value is -2.69. The number of hydrogen-bond donors (Lipinski definition) is 1. The van der Waals surface area contributed by atoms with Crippen molar-refractivity contribution in [1.82, 2.24) is 15.0 Å². The van der Waals surface area contributed by atoms with Gasteiger partial charge in [-0.15, -0.1) is 15.0 Å². The molecule has 156 valence electrons. The Kier molecular flexibility index (Phi) is 7.17. The predicted molar refractivity (Wildman–Crippen MR) is 119 cm³/mol. The van der Waals surface area contributed by atoms with Crippen LogP contribution in [0, 0.1) is 6.92 Å². The van der Waals surface area contributed by atoms with E-state index in [1.165, 1.54) is 4.80 Å². The summed E-state index contributed by atoms with van der Waals surface area (Å²) < 4.78 is 0. The molecule has 3 rings (SSSR count). The van der Waals surface area contributed by atoms with Crippen LogP contribution in [0.5, 0.6) is 5.75 Å². The van der Waals surface area contributed by atoms with E-state index in [-0.39, 0.29) is 16.9 Å². The number of benzene rings is 2. The monoisotopic (exact) mass is 395 g/mol. The van der Waals surface area contributed by atoms with Crippen LogP contribution in [0.1, 0.15) is 71.1 Å². The molecular weight excluding hydrogens is 362 g/mol. The molecule has 0 aliphatic carbocycles. The maximum Gasteiger partial charge on any atom is 0.146 e. The van der Waals surface area contributed by atoms with Crippen LogP contribution in [-0.4, -0.2) is 25.9 Å². The first-order chi connectivity index (χ1) is 13.7. The largest absolute Gasteiger partial charge is 0.505 e. The van der Waals surface area contributed by atoms with Gasteiger partial charge in [0.1, 0.15) is 28.3 Å². The molecule has 0 bridgehead atoms. The SMILES string of the molecule is CC.CCC(=O)CCc1cc(-n2nc3ccc(C)cc3n2)c(O)c(C(C)(C)C)c1. The van der Waals surface area contributed by atoms with E-state index in [0.717, 1.165) is 27.7 Å². The number of carbonyl (C=O) groups excluding carboxylic acids is 1. The van der Waals surface area contributed by atoms with Crippen LogP contribution in [0.25, 0.3) is 16.7 Å². The average Bonchev–Trinajstić information content (AvgIpc) is 3.10. The Balaban J connectivity index is 0.00000145. The summed E-state index contributed by atoms with van der Waals surface area (Å²) in [5.41, 5.74) is 4.83. The maximum atomic E-state index is 11.8. The molecule has 0 amide bonds. The molecule has 5 nitrogen and oxygen atoms in total. The Morgan fingerprint density at radius 2 is 1.72 bits per heavy atom. The number of phenols is 1. The minimum absolute atomic E-state index is 0.185. The molecule has 29 heavy (non-hydrogen) atoms. The van der Waals surface area contributed by atoms with Crippen molar-refractivity contribution >= 4 is 16.8 Å². The first kappa shape index (κ1) is 22.6. The molecule has 0 fully saturated rings. The molecule has 1 aromatic heterocycles. The standard InChI is InChI=1S/C22H27N3O2.C2H6/c1-6-16(26)9-8-15-12-17(22(3,4)5)21(27)20(13-15)25-23-18-10-7-14(2)11-19(18)24-25;1-2/h7,10-13,27H,6,8-9H2,1-5H3;1-2H3. The fourth-order valence-corrected chi connectivity index (χ4v) is 3.14. The minimum Gasteiger partial charge on any atom is -0.505 e. The summed E-state index contributed by atoms with van der Waals surface area (Å²) in [7, 11) is 0. The smallest absolute Gasteiger partial charge is 0.146 e. The van der Waals surface area contributed by atoms with Crippen LogP contribution in [0.2, 0.25) is 0 Å². The molecule has 0 spiro atoms. The van der Waals surface area contributed by atoms with Gasteiger partial charge in [0.15, 0.2) is 0 Å². The van der Waals surface area contributed by atoms with Crippen LogP contribution in [0.15, 0.2) is 30.3 Å². The molecule has 2 aromatic carbocycles. The first-order valence-corrected chi connectivity index (χ1v) is 10.4. The van der Waals surface area contributed by atoms with Gasteiger partial charge in [0.05, 0.1) is 0 Å². The van der Waals surface area contributed by atoms with Crippen LogP contribution in [0.4, 0.5) is 0 Å². The Morgan fingerprint density at radius 1 is 1.07 bits per heavy atom. The number of phenolic OH excluding ortho intramolecular Hbond substituents is 1. The molecule has 0 unspecified atom stereocenters. The zero-order valence-corrected chi connectivity index (χ0v) is 18.7. The summed E-state index contributed by atoms with van der Waals surface area (Å²) in [6, 6.07) is 9.78. The average molecular weight is 396 g/mol. The van der Waals surface area contributed by atoms with E-state index in [9.17, 15) is 9.90 Å². The van der Waals surface area contributed by atoms with E-state index in [1.54, 1.807) is 0 Å². The van der Waals surface area contributed by atoms with E-state index in [4.69, 9.17) is 0 Å².